The summed E-state index contributed by atoms with van der Waals surface area (Å²) in [6, 6.07) is 8.34. The van der Waals surface area contributed by atoms with Gasteiger partial charge in [0.05, 0.1) is 12.7 Å². The van der Waals surface area contributed by atoms with Crippen molar-refractivity contribution in [2.24, 2.45) is 0 Å². The first kappa shape index (κ1) is 13.5. The molecule has 1 aromatic heterocycles. The molecule has 1 atom stereocenters. The monoisotopic (exact) mass is 261 g/mol. The van der Waals surface area contributed by atoms with E-state index in [1.54, 1.807) is 24.5 Å². The van der Waals surface area contributed by atoms with Crippen LogP contribution in [0, 0.1) is 5.82 Å². The number of halogens is 1. The first-order chi connectivity index (χ1) is 9.16. The molecule has 0 amide bonds. The van der Waals surface area contributed by atoms with Gasteiger partial charge in [-0.25, -0.2) is 4.39 Å². The van der Waals surface area contributed by atoms with Crippen LogP contribution in [0.15, 0.2) is 42.7 Å². The zero-order valence-corrected chi connectivity index (χ0v) is 10.7. The number of ether oxygens (including phenoxy) is 1. The van der Waals surface area contributed by atoms with Crippen LogP contribution >= 0.6 is 0 Å². The molecule has 100 valence electrons. The highest BCUT2D eigenvalue weighted by molar-refractivity contribution is 5.30. The maximum absolute atomic E-state index is 13.6. The van der Waals surface area contributed by atoms with E-state index in [2.05, 4.69) is 4.98 Å². The molecule has 0 aliphatic rings. The summed E-state index contributed by atoms with van der Waals surface area (Å²) in [5, 5.41) is 9.33. The number of aliphatic hydroxyl groups excluding tert-OH is 1. The first-order valence-corrected chi connectivity index (χ1v) is 6.16. The van der Waals surface area contributed by atoms with E-state index >= 15 is 0 Å². The van der Waals surface area contributed by atoms with Gasteiger partial charge in [0.15, 0.2) is 0 Å². The van der Waals surface area contributed by atoms with E-state index < -0.39 is 11.9 Å². The molecule has 4 heteroatoms. The van der Waals surface area contributed by atoms with Crippen molar-refractivity contribution in [3.05, 3.63) is 59.7 Å². The molecule has 3 nitrogen and oxygen atoms in total. The molecule has 2 aromatic rings. The largest absolute Gasteiger partial charge is 0.493 e. The fourth-order valence-electron chi connectivity index (χ4n) is 1.77. The summed E-state index contributed by atoms with van der Waals surface area (Å²) < 4.78 is 19.1. The highest BCUT2D eigenvalue weighted by Gasteiger charge is 2.08. The average Bonchev–Trinajstić information content (AvgIpc) is 2.39. The molecule has 0 unspecified atom stereocenters. The van der Waals surface area contributed by atoms with Crippen molar-refractivity contribution in [3.63, 3.8) is 0 Å². The Hall–Kier alpha value is -1.94. The topological polar surface area (TPSA) is 42.4 Å². The van der Waals surface area contributed by atoms with Gasteiger partial charge in [-0.3, -0.25) is 4.98 Å². The molecular weight excluding hydrogens is 245 g/mol. The van der Waals surface area contributed by atoms with Gasteiger partial charge < -0.3 is 9.84 Å². The van der Waals surface area contributed by atoms with E-state index in [0.717, 1.165) is 12.0 Å². The Labute approximate surface area is 111 Å². The number of rotatable bonds is 5. The molecule has 0 aliphatic carbocycles. The Morgan fingerprint density at radius 1 is 1.26 bits per heavy atom. The number of aliphatic hydroxyl groups is 1. The molecule has 0 spiro atoms. The SMILES string of the molecule is C[C@@H](O)c1ccc(OCCc2ccncc2)cc1F. The molecule has 0 saturated carbocycles. The predicted molar refractivity (Wildman–Crippen MR) is 70.5 cm³/mol. The molecule has 0 radical (unpaired) electrons. The van der Waals surface area contributed by atoms with Crippen LogP contribution in [0.4, 0.5) is 4.39 Å². The maximum atomic E-state index is 13.6. The van der Waals surface area contributed by atoms with Gasteiger partial charge in [0, 0.05) is 30.4 Å². The van der Waals surface area contributed by atoms with E-state index in [0.29, 0.717) is 12.4 Å². The lowest BCUT2D eigenvalue weighted by atomic mass is 10.1. The van der Waals surface area contributed by atoms with Crippen LogP contribution in [0.5, 0.6) is 5.75 Å². The zero-order chi connectivity index (χ0) is 13.7. The number of hydrogen-bond donors (Lipinski definition) is 1. The molecule has 0 fully saturated rings. The van der Waals surface area contributed by atoms with Gasteiger partial charge in [-0.05, 0) is 36.8 Å². The molecule has 0 aliphatic heterocycles. The third-order valence-corrected chi connectivity index (χ3v) is 2.83. The van der Waals surface area contributed by atoms with Crippen LogP contribution in [0.3, 0.4) is 0 Å². The van der Waals surface area contributed by atoms with Crippen LogP contribution in [0.1, 0.15) is 24.2 Å². The van der Waals surface area contributed by atoms with Gasteiger partial charge in [0.25, 0.3) is 0 Å². The summed E-state index contributed by atoms with van der Waals surface area (Å²) >= 11 is 0. The van der Waals surface area contributed by atoms with Crippen molar-refractivity contribution in [1.82, 2.24) is 4.98 Å². The Bertz CT molecular complexity index is 529. The predicted octanol–water partition coefficient (Wildman–Crippen LogP) is 2.90. The summed E-state index contributed by atoms with van der Waals surface area (Å²) in [6.45, 7) is 2.00. The fourth-order valence-corrected chi connectivity index (χ4v) is 1.77. The van der Waals surface area contributed by atoms with Gasteiger partial charge >= 0.3 is 0 Å². The Kier molecular flexibility index (Phi) is 4.47. The fraction of sp³-hybridized carbons (Fsp3) is 0.267. The number of hydrogen-bond acceptors (Lipinski definition) is 3. The lowest BCUT2D eigenvalue weighted by molar-refractivity contribution is 0.194. The van der Waals surface area contributed by atoms with E-state index in [1.165, 1.54) is 13.0 Å². The van der Waals surface area contributed by atoms with Crippen LogP contribution in [-0.4, -0.2) is 16.7 Å². The van der Waals surface area contributed by atoms with E-state index in [4.69, 9.17) is 4.74 Å². The van der Waals surface area contributed by atoms with Crippen molar-refractivity contribution >= 4 is 0 Å². The summed E-state index contributed by atoms with van der Waals surface area (Å²) in [7, 11) is 0. The van der Waals surface area contributed by atoms with Crippen LogP contribution in [0.2, 0.25) is 0 Å². The maximum Gasteiger partial charge on any atom is 0.132 e. The number of aromatic nitrogens is 1. The second-order valence-electron chi connectivity index (χ2n) is 4.31. The van der Waals surface area contributed by atoms with Gasteiger partial charge in [-0.1, -0.05) is 0 Å². The standard InChI is InChI=1S/C15H16FNO2/c1-11(18)14-3-2-13(10-15(14)16)19-9-6-12-4-7-17-8-5-12/h2-5,7-8,10-11,18H,6,9H2,1H3/t11-/m1/s1. The molecule has 19 heavy (non-hydrogen) atoms. The summed E-state index contributed by atoms with van der Waals surface area (Å²) in [6.07, 6.45) is 3.38. The van der Waals surface area contributed by atoms with Gasteiger partial charge in [-0.2, -0.15) is 0 Å². The highest BCUT2D eigenvalue weighted by atomic mass is 19.1. The Balaban J connectivity index is 1.92. The summed E-state index contributed by atoms with van der Waals surface area (Å²) in [5.74, 6) is 0.0207. The number of benzene rings is 1. The van der Waals surface area contributed by atoms with Crippen molar-refractivity contribution < 1.29 is 14.2 Å². The summed E-state index contributed by atoms with van der Waals surface area (Å²) in [5.41, 5.74) is 1.40. The first-order valence-electron chi connectivity index (χ1n) is 6.16. The van der Waals surface area contributed by atoms with E-state index in [-0.39, 0.29) is 5.56 Å². The Morgan fingerprint density at radius 2 is 2.00 bits per heavy atom. The van der Waals surface area contributed by atoms with E-state index in [9.17, 15) is 9.50 Å². The molecule has 0 saturated heterocycles. The molecule has 0 bridgehead atoms. The third kappa shape index (κ3) is 3.76. The Morgan fingerprint density at radius 3 is 2.63 bits per heavy atom. The van der Waals surface area contributed by atoms with Crippen molar-refractivity contribution in [1.29, 1.82) is 0 Å². The van der Waals surface area contributed by atoms with Gasteiger partial charge in [-0.15, -0.1) is 0 Å². The second-order valence-corrected chi connectivity index (χ2v) is 4.31. The average molecular weight is 261 g/mol. The molecule has 2 rings (SSSR count). The second kappa shape index (κ2) is 6.29. The van der Waals surface area contributed by atoms with Crippen molar-refractivity contribution in [3.8, 4) is 5.75 Å². The molecule has 1 heterocycles. The van der Waals surface area contributed by atoms with Crippen LogP contribution in [-0.2, 0) is 6.42 Å². The molecule has 1 N–H and O–H groups in total. The number of pyridine rings is 1. The third-order valence-electron chi connectivity index (χ3n) is 2.83. The van der Waals surface area contributed by atoms with Gasteiger partial charge in [0.1, 0.15) is 11.6 Å². The summed E-state index contributed by atoms with van der Waals surface area (Å²) in [4.78, 5) is 3.94. The minimum atomic E-state index is -0.814. The van der Waals surface area contributed by atoms with Gasteiger partial charge in [0.2, 0.25) is 0 Å². The minimum Gasteiger partial charge on any atom is -0.493 e. The van der Waals surface area contributed by atoms with Crippen molar-refractivity contribution in [2.45, 2.75) is 19.4 Å². The smallest absolute Gasteiger partial charge is 0.132 e. The highest BCUT2D eigenvalue weighted by Crippen LogP contribution is 2.21. The quantitative estimate of drug-likeness (QED) is 0.899. The normalized spacial score (nSPS) is 12.2. The van der Waals surface area contributed by atoms with Crippen molar-refractivity contribution in [2.75, 3.05) is 6.61 Å². The van der Waals surface area contributed by atoms with Crippen LogP contribution in [0.25, 0.3) is 0 Å². The minimum absolute atomic E-state index is 0.279. The zero-order valence-electron chi connectivity index (χ0n) is 10.7. The molecule has 1 aromatic carbocycles. The lowest BCUT2D eigenvalue weighted by Crippen LogP contribution is -2.03. The van der Waals surface area contributed by atoms with Crippen LogP contribution < -0.4 is 4.74 Å². The van der Waals surface area contributed by atoms with E-state index in [1.807, 2.05) is 12.1 Å². The number of nitrogens with zero attached hydrogens (tertiary/aromatic N) is 1. The lowest BCUT2D eigenvalue weighted by Gasteiger charge is -2.10. The molecular formula is C15H16FNO2.